The number of nitrogens with zero attached hydrogens (tertiary/aromatic N) is 2. The molecule has 0 spiro atoms. The lowest BCUT2D eigenvalue weighted by Gasteiger charge is -2.36. The minimum atomic E-state index is -4.44. The van der Waals surface area contributed by atoms with Gasteiger partial charge in [0.25, 0.3) is 5.91 Å². The normalized spacial score (nSPS) is 22.3. The SMILES string of the molecule is O=C(NC1CCN(CC2CC2)CC1C(=O)O)c1cc(-c2ccc(C(F)(F)F)cc2)on1. The Bertz CT molecular complexity index is 954. The van der Waals surface area contributed by atoms with Gasteiger partial charge in [-0.2, -0.15) is 13.2 Å². The fourth-order valence-electron chi connectivity index (χ4n) is 3.86. The Balaban J connectivity index is 1.40. The second-order valence-corrected chi connectivity index (χ2v) is 8.17. The molecule has 0 radical (unpaired) electrons. The summed E-state index contributed by atoms with van der Waals surface area (Å²) in [7, 11) is 0. The van der Waals surface area contributed by atoms with Gasteiger partial charge < -0.3 is 19.8 Å². The van der Waals surface area contributed by atoms with Crippen molar-refractivity contribution in [1.29, 1.82) is 0 Å². The monoisotopic (exact) mass is 437 g/mol. The average molecular weight is 437 g/mol. The standard InChI is InChI=1S/C21H22F3N3O4/c22-21(23,24)14-5-3-13(4-6-14)18-9-17(26-31-18)19(28)25-16-7-8-27(10-12-1-2-12)11-15(16)20(29)30/h3-6,9,12,15-16H,1-2,7-8,10-11H2,(H,25,28)(H,29,30). The summed E-state index contributed by atoms with van der Waals surface area (Å²) in [4.78, 5) is 26.5. The number of aliphatic carboxylic acids is 1. The number of benzene rings is 1. The Morgan fingerprint density at radius 3 is 2.52 bits per heavy atom. The molecule has 166 valence electrons. The Hall–Kier alpha value is -2.88. The van der Waals surface area contributed by atoms with E-state index in [9.17, 15) is 27.9 Å². The van der Waals surface area contributed by atoms with Crippen molar-refractivity contribution in [1.82, 2.24) is 15.4 Å². The van der Waals surface area contributed by atoms with Crippen LogP contribution in [-0.4, -0.2) is 52.7 Å². The molecule has 0 bridgehead atoms. The van der Waals surface area contributed by atoms with E-state index in [1.165, 1.54) is 31.0 Å². The highest BCUT2D eigenvalue weighted by atomic mass is 19.4. The molecule has 31 heavy (non-hydrogen) atoms. The number of amides is 1. The van der Waals surface area contributed by atoms with E-state index in [0.29, 0.717) is 31.0 Å². The van der Waals surface area contributed by atoms with E-state index in [1.54, 1.807) is 0 Å². The fraction of sp³-hybridized carbons (Fsp3) is 0.476. The van der Waals surface area contributed by atoms with Gasteiger partial charge in [-0.1, -0.05) is 17.3 Å². The molecule has 1 aliphatic heterocycles. The first-order chi connectivity index (χ1) is 14.7. The lowest BCUT2D eigenvalue weighted by Crippen LogP contribution is -2.53. The molecule has 1 amide bonds. The Morgan fingerprint density at radius 1 is 1.19 bits per heavy atom. The topological polar surface area (TPSA) is 95.7 Å². The van der Waals surface area contributed by atoms with E-state index in [4.69, 9.17) is 4.52 Å². The molecular formula is C21H22F3N3O4. The molecule has 2 aromatic rings. The van der Waals surface area contributed by atoms with Gasteiger partial charge in [0.1, 0.15) is 0 Å². The maximum absolute atomic E-state index is 12.7. The smallest absolute Gasteiger partial charge is 0.416 e. The Morgan fingerprint density at radius 2 is 1.90 bits per heavy atom. The Kier molecular flexibility index (Phi) is 5.74. The number of aromatic nitrogens is 1. The number of hydrogen-bond donors (Lipinski definition) is 2. The van der Waals surface area contributed by atoms with Gasteiger partial charge in [-0.15, -0.1) is 0 Å². The number of carboxylic acid groups (broad SMARTS) is 1. The van der Waals surface area contributed by atoms with Crippen LogP contribution >= 0.6 is 0 Å². The lowest BCUT2D eigenvalue weighted by atomic mass is 9.91. The van der Waals surface area contributed by atoms with Crippen LogP contribution in [-0.2, 0) is 11.0 Å². The number of rotatable bonds is 6. The molecule has 1 saturated heterocycles. The molecule has 4 rings (SSSR count). The molecule has 2 unspecified atom stereocenters. The highest BCUT2D eigenvalue weighted by Gasteiger charge is 2.37. The van der Waals surface area contributed by atoms with Crippen LogP contribution in [0.1, 0.15) is 35.3 Å². The van der Waals surface area contributed by atoms with E-state index < -0.39 is 35.6 Å². The lowest BCUT2D eigenvalue weighted by molar-refractivity contribution is -0.144. The fourth-order valence-corrected chi connectivity index (χ4v) is 3.86. The maximum atomic E-state index is 12.7. The quantitative estimate of drug-likeness (QED) is 0.720. The van der Waals surface area contributed by atoms with Crippen LogP contribution in [0.4, 0.5) is 13.2 Å². The van der Waals surface area contributed by atoms with Crippen LogP contribution in [0.25, 0.3) is 11.3 Å². The third-order valence-electron chi connectivity index (χ3n) is 5.78. The number of carbonyl (C=O) groups excluding carboxylic acids is 1. The number of carbonyl (C=O) groups is 2. The summed E-state index contributed by atoms with van der Waals surface area (Å²) < 4.78 is 43.2. The number of alkyl halides is 3. The first-order valence-corrected chi connectivity index (χ1v) is 10.1. The zero-order valence-electron chi connectivity index (χ0n) is 16.6. The number of likely N-dealkylation sites (tertiary alicyclic amines) is 1. The van der Waals surface area contributed by atoms with Crippen LogP contribution in [0.15, 0.2) is 34.9 Å². The third kappa shape index (κ3) is 5.07. The number of carboxylic acids is 1. The molecule has 1 aromatic carbocycles. The third-order valence-corrected chi connectivity index (χ3v) is 5.78. The summed E-state index contributed by atoms with van der Waals surface area (Å²) in [5.41, 5.74) is -0.503. The first-order valence-electron chi connectivity index (χ1n) is 10.1. The second kappa shape index (κ2) is 8.33. The van der Waals surface area contributed by atoms with Gasteiger partial charge in [0.05, 0.1) is 11.5 Å². The number of hydrogen-bond acceptors (Lipinski definition) is 5. The van der Waals surface area contributed by atoms with Crippen LogP contribution in [0.5, 0.6) is 0 Å². The number of halogens is 3. The largest absolute Gasteiger partial charge is 0.481 e. The van der Waals surface area contributed by atoms with Crippen molar-refractivity contribution in [3.8, 4) is 11.3 Å². The summed E-state index contributed by atoms with van der Waals surface area (Å²) in [6, 6.07) is 5.11. The van der Waals surface area contributed by atoms with E-state index in [0.717, 1.165) is 18.7 Å². The van der Waals surface area contributed by atoms with Crippen molar-refractivity contribution in [2.75, 3.05) is 19.6 Å². The van der Waals surface area contributed by atoms with Crippen molar-refractivity contribution >= 4 is 11.9 Å². The molecule has 2 N–H and O–H groups in total. The Labute approximate surface area is 176 Å². The average Bonchev–Trinajstić information content (AvgIpc) is 3.39. The molecule has 2 fully saturated rings. The van der Waals surface area contributed by atoms with Gasteiger partial charge in [-0.3, -0.25) is 9.59 Å². The molecule has 7 nitrogen and oxygen atoms in total. The van der Waals surface area contributed by atoms with Crippen LogP contribution in [0.3, 0.4) is 0 Å². The van der Waals surface area contributed by atoms with Crippen LogP contribution in [0.2, 0.25) is 0 Å². The van der Waals surface area contributed by atoms with Gasteiger partial charge in [0, 0.05) is 37.3 Å². The molecule has 1 aromatic heterocycles. The van der Waals surface area contributed by atoms with Crippen molar-refractivity contribution in [3.63, 3.8) is 0 Å². The van der Waals surface area contributed by atoms with Crippen LogP contribution < -0.4 is 5.32 Å². The summed E-state index contributed by atoms with van der Waals surface area (Å²) in [5.74, 6) is -1.46. The van der Waals surface area contributed by atoms with Gasteiger partial charge in [-0.05, 0) is 37.3 Å². The zero-order chi connectivity index (χ0) is 22.2. The van der Waals surface area contributed by atoms with Crippen LogP contribution in [0, 0.1) is 11.8 Å². The molecule has 10 heteroatoms. The minimum absolute atomic E-state index is 0.0561. The van der Waals surface area contributed by atoms with E-state index >= 15 is 0 Å². The summed E-state index contributed by atoms with van der Waals surface area (Å²) in [6.07, 6.45) is -1.57. The van der Waals surface area contributed by atoms with Crippen molar-refractivity contribution in [2.24, 2.45) is 11.8 Å². The van der Waals surface area contributed by atoms with Crippen molar-refractivity contribution < 1.29 is 32.4 Å². The second-order valence-electron chi connectivity index (χ2n) is 8.17. The van der Waals surface area contributed by atoms with E-state index in [-0.39, 0.29) is 11.5 Å². The molecule has 1 saturated carbocycles. The minimum Gasteiger partial charge on any atom is -0.481 e. The summed E-state index contributed by atoms with van der Waals surface area (Å²) in [6.45, 7) is 1.98. The molecule has 1 aliphatic carbocycles. The molecule has 2 atom stereocenters. The zero-order valence-corrected chi connectivity index (χ0v) is 16.6. The van der Waals surface area contributed by atoms with Gasteiger partial charge >= 0.3 is 12.1 Å². The van der Waals surface area contributed by atoms with Gasteiger partial charge in [0.15, 0.2) is 11.5 Å². The summed E-state index contributed by atoms with van der Waals surface area (Å²) in [5, 5.41) is 16.0. The van der Waals surface area contributed by atoms with Crippen molar-refractivity contribution in [3.05, 3.63) is 41.6 Å². The summed E-state index contributed by atoms with van der Waals surface area (Å²) >= 11 is 0. The highest BCUT2D eigenvalue weighted by molar-refractivity contribution is 5.93. The van der Waals surface area contributed by atoms with Gasteiger partial charge in [0.2, 0.25) is 0 Å². The predicted octanol–water partition coefficient (Wildman–Crippen LogP) is 3.28. The van der Waals surface area contributed by atoms with E-state index in [1.807, 2.05) is 0 Å². The molecule has 2 aliphatic rings. The van der Waals surface area contributed by atoms with Gasteiger partial charge in [-0.25, -0.2) is 0 Å². The van der Waals surface area contributed by atoms with Crippen molar-refractivity contribution in [2.45, 2.75) is 31.5 Å². The van der Waals surface area contributed by atoms with E-state index in [2.05, 4.69) is 15.4 Å². The predicted molar refractivity (Wildman–Crippen MR) is 103 cm³/mol. The molecule has 2 heterocycles. The highest BCUT2D eigenvalue weighted by Crippen LogP contribution is 2.32. The molecular weight excluding hydrogens is 415 g/mol. The number of piperidine rings is 1. The number of nitrogens with one attached hydrogen (secondary N) is 1. The first kappa shape index (κ1) is 21.4. The maximum Gasteiger partial charge on any atom is 0.416 e.